The van der Waals surface area contributed by atoms with Gasteiger partial charge in [-0.3, -0.25) is 0 Å². The number of nitrogens with zero attached hydrogens (tertiary/aromatic N) is 1. The Balaban J connectivity index is 1.94. The van der Waals surface area contributed by atoms with Crippen molar-refractivity contribution in [3.63, 3.8) is 0 Å². The van der Waals surface area contributed by atoms with Gasteiger partial charge in [-0.1, -0.05) is 29.8 Å². The van der Waals surface area contributed by atoms with Crippen LogP contribution in [0.25, 0.3) is 0 Å². The topological polar surface area (TPSA) is 62.2 Å². The minimum atomic E-state index is -0.970. The predicted octanol–water partition coefficient (Wildman–Crippen LogP) is 3.00. The van der Waals surface area contributed by atoms with Crippen LogP contribution in [0.4, 0.5) is 0 Å². The highest BCUT2D eigenvalue weighted by Crippen LogP contribution is 2.15. The summed E-state index contributed by atoms with van der Waals surface area (Å²) in [5, 5.41) is 14.1. The minimum Gasteiger partial charge on any atom is -0.476 e. The van der Waals surface area contributed by atoms with E-state index in [9.17, 15) is 4.79 Å². The molecule has 1 unspecified atom stereocenters. The van der Waals surface area contributed by atoms with Crippen LogP contribution in [0.1, 0.15) is 39.6 Å². The van der Waals surface area contributed by atoms with Crippen molar-refractivity contribution >= 4 is 17.3 Å². The van der Waals surface area contributed by atoms with Crippen LogP contribution in [0.3, 0.4) is 0 Å². The Bertz CT molecular complexity index is 563. The number of carboxylic acid groups (broad SMARTS) is 1. The summed E-state index contributed by atoms with van der Waals surface area (Å²) in [7, 11) is 0. The van der Waals surface area contributed by atoms with Crippen molar-refractivity contribution in [2.24, 2.45) is 0 Å². The van der Waals surface area contributed by atoms with Crippen LogP contribution in [0.5, 0.6) is 0 Å². The molecule has 0 fully saturated rings. The second kappa shape index (κ2) is 5.95. The van der Waals surface area contributed by atoms with E-state index >= 15 is 0 Å². The van der Waals surface area contributed by atoms with Gasteiger partial charge in [-0.25, -0.2) is 9.78 Å². The first kappa shape index (κ1) is 13.7. The van der Waals surface area contributed by atoms with Crippen LogP contribution in [0, 0.1) is 6.92 Å². The predicted molar refractivity (Wildman–Crippen MR) is 75.5 cm³/mol. The number of nitrogens with one attached hydrogen (secondary N) is 1. The lowest BCUT2D eigenvalue weighted by Crippen LogP contribution is -2.18. The Kier molecular flexibility index (Phi) is 4.29. The van der Waals surface area contributed by atoms with Gasteiger partial charge in [0.15, 0.2) is 0 Å². The molecule has 1 heterocycles. The van der Waals surface area contributed by atoms with E-state index in [1.807, 2.05) is 0 Å². The van der Waals surface area contributed by atoms with Crippen molar-refractivity contribution in [2.45, 2.75) is 26.4 Å². The lowest BCUT2D eigenvalue weighted by Gasteiger charge is -2.13. The number of carboxylic acids is 1. The lowest BCUT2D eigenvalue weighted by molar-refractivity contribution is 0.0696. The number of aryl methyl sites for hydroxylation is 1. The molecule has 2 rings (SSSR count). The van der Waals surface area contributed by atoms with Crippen molar-refractivity contribution in [1.29, 1.82) is 0 Å². The van der Waals surface area contributed by atoms with Gasteiger partial charge < -0.3 is 10.4 Å². The molecule has 0 saturated carbocycles. The van der Waals surface area contributed by atoms with Crippen molar-refractivity contribution in [3.8, 4) is 0 Å². The van der Waals surface area contributed by atoms with E-state index in [0.29, 0.717) is 6.54 Å². The first-order valence-corrected chi connectivity index (χ1v) is 6.92. The fourth-order valence-electron chi connectivity index (χ4n) is 1.72. The standard InChI is InChI=1S/C14H16N2O2S/c1-9-3-5-11(6-4-9)10(2)15-7-12-8-19-13(16-12)14(17)18/h3-6,8,10,15H,7H2,1-2H3,(H,17,18). The van der Waals surface area contributed by atoms with Gasteiger partial charge >= 0.3 is 5.97 Å². The molecule has 0 saturated heterocycles. The summed E-state index contributed by atoms with van der Waals surface area (Å²) in [6.45, 7) is 4.71. The molecule has 0 spiro atoms. The van der Waals surface area contributed by atoms with E-state index < -0.39 is 5.97 Å². The summed E-state index contributed by atoms with van der Waals surface area (Å²) in [6, 6.07) is 8.56. The monoisotopic (exact) mass is 276 g/mol. The average Bonchev–Trinajstić information content (AvgIpc) is 2.86. The quantitative estimate of drug-likeness (QED) is 0.881. The van der Waals surface area contributed by atoms with E-state index in [1.54, 1.807) is 5.38 Å². The number of aromatic nitrogens is 1. The lowest BCUT2D eigenvalue weighted by atomic mass is 10.1. The van der Waals surface area contributed by atoms with Gasteiger partial charge in [-0.05, 0) is 19.4 Å². The molecule has 19 heavy (non-hydrogen) atoms. The summed E-state index contributed by atoms with van der Waals surface area (Å²) < 4.78 is 0. The number of hydrogen-bond acceptors (Lipinski definition) is 4. The molecule has 4 nitrogen and oxygen atoms in total. The van der Waals surface area contributed by atoms with Crippen molar-refractivity contribution < 1.29 is 9.90 Å². The van der Waals surface area contributed by atoms with E-state index in [0.717, 1.165) is 17.0 Å². The Morgan fingerprint density at radius 3 is 2.68 bits per heavy atom. The second-order valence-electron chi connectivity index (χ2n) is 4.46. The van der Waals surface area contributed by atoms with Gasteiger partial charge in [0.25, 0.3) is 0 Å². The number of thiazole rings is 1. The number of hydrogen-bond donors (Lipinski definition) is 2. The molecule has 5 heteroatoms. The minimum absolute atomic E-state index is 0.139. The summed E-state index contributed by atoms with van der Waals surface area (Å²) in [6.07, 6.45) is 0. The number of benzene rings is 1. The highest BCUT2D eigenvalue weighted by molar-refractivity contribution is 7.11. The second-order valence-corrected chi connectivity index (χ2v) is 5.32. The maximum atomic E-state index is 10.7. The van der Waals surface area contributed by atoms with Crippen molar-refractivity contribution in [3.05, 3.63) is 51.5 Å². The molecule has 100 valence electrons. The van der Waals surface area contributed by atoms with Crippen LogP contribution in [0.15, 0.2) is 29.6 Å². The number of carbonyl (C=O) groups is 1. The summed E-state index contributed by atoms with van der Waals surface area (Å²) in [5.74, 6) is -0.970. The summed E-state index contributed by atoms with van der Waals surface area (Å²) in [4.78, 5) is 14.8. The van der Waals surface area contributed by atoms with Crippen LogP contribution in [0.2, 0.25) is 0 Å². The zero-order chi connectivity index (χ0) is 13.8. The third kappa shape index (κ3) is 3.62. The molecule has 0 radical (unpaired) electrons. The fourth-order valence-corrected chi connectivity index (χ4v) is 2.37. The molecular formula is C14H16N2O2S. The Morgan fingerprint density at radius 2 is 2.11 bits per heavy atom. The average molecular weight is 276 g/mol. The largest absolute Gasteiger partial charge is 0.476 e. The highest BCUT2D eigenvalue weighted by atomic mass is 32.1. The van der Waals surface area contributed by atoms with Crippen molar-refractivity contribution in [1.82, 2.24) is 10.3 Å². The molecule has 0 aliphatic heterocycles. The van der Waals surface area contributed by atoms with Gasteiger partial charge in [0.2, 0.25) is 5.01 Å². The highest BCUT2D eigenvalue weighted by Gasteiger charge is 2.10. The van der Waals surface area contributed by atoms with Crippen molar-refractivity contribution in [2.75, 3.05) is 0 Å². The fraction of sp³-hybridized carbons (Fsp3) is 0.286. The molecule has 1 atom stereocenters. The Morgan fingerprint density at radius 1 is 1.42 bits per heavy atom. The SMILES string of the molecule is Cc1ccc(C(C)NCc2csc(C(=O)O)n2)cc1. The van der Waals surface area contributed by atoms with Gasteiger partial charge in [-0.15, -0.1) is 11.3 Å². The molecular weight excluding hydrogens is 260 g/mol. The maximum absolute atomic E-state index is 10.7. The zero-order valence-electron chi connectivity index (χ0n) is 10.9. The number of rotatable bonds is 5. The van der Waals surface area contributed by atoms with Crippen LogP contribution in [-0.2, 0) is 6.54 Å². The third-order valence-corrected chi connectivity index (χ3v) is 3.78. The molecule has 2 aromatic rings. The van der Waals surface area contributed by atoms with E-state index in [1.165, 1.54) is 11.1 Å². The summed E-state index contributed by atoms with van der Waals surface area (Å²) in [5.41, 5.74) is 3.21. The first-order chi connectivity index (χ1) is 9.06. The van der Waals surface area contributed by atoms with E-state index in [-0.39, 0.29) is 11.0 Å². The smallest absolute Gasteiger partial charge is 0.365 e. The van der Waals surface area contributed by atoms with Gasteiger partial charge in [-0.2, -0.15) is 0 Å². The van der Waals surface area contributed by atoms with Gasteiger partial charge in [0.05, 0.1) is 5.69 Å². The van der Waals surface area contributed by atoms with E-state index in [2.05, 4.69) is 48.4 Å². The molecule has 0 aliphatic rings. The first-order valence-electron chi connectivity index (χ1n) is 6.04. The molecule has 1 aromatic heterocycles. The van der Waals surface area contributed by atoms with Crippen LogP contribution < -0.4 is 5.32 Å². The molecule has 0 amide bonds. The number of aromatic carboxylic acids is 1. The Labute approximate surface area is 116 Å². The van der Waals surface area contributed by atoms with Crippen LogP contribution in [-0.4, -0.2) is 16.1 Å². The maximum Gasteiger partial charge on any atom is 0.365 e. The molecule has 0 aliphatic carbocycles. The van der Waals surface area contributed by atoms with Gasteiger partial charge in [0, 0.05) is 18.0 Å². The molecule has 0 bridgehead atoms. The summed E-state index contributed by atoms with van der Waals surface area (Å²) >= 11 is 1.16. The zero-order valence-corrected chi connectivity index (χ0v) is 11.7. The third-order valence-electron chi connectivity index (χ3n) is 2.90. The van der Waals surface area contributed by atoms with Crippen LogP contribution >= 0.6 is 11.3 Å². The Hall–Kier alpha value is -1.72. The normalized spacial score (nSPS) is 12.3. The molecule has 1 aromatic carbocycles. The van der Waals surface area contributed by atoms with Gasteiger partial charge in [0.1, 0.15) is 0 Å². The molecule has 2 N–H and O–H groups in total. The van der Waals surface area contributed by atoms with E-state index in [4.69, 9.17) is 5.11 Å².